The van der Waals surface area contributed by atoms with Crippen LogP contribution in [0.3, 0.4) is 0 Å². The van der Waals surface area contributed by atoms with Gasteiger partial charge in [0.25, 0.3) is 0 Å². The molecule has 2 atom stereocenters. The fourth-order valence-electron chi connectivity index (χ4n) is 3.02. The van der Waals surface area contributed by atoms with E-state index >= 15 is 0 Å². The third-order valence-corrected chi connectivity index (χ3v) is 3.85. The van der Waals surface area contributed by atoms with Crippen molar-refractivity contribution >= 4 is 0 Å². The molecule has 4 nitrogen and oxygen atoms in total. The highest BCUT2D eigenvalue weighted by molar-refractivity contribution is 5.24. The van der Waals surface area contributed by atoms with Crippen LogP contribution in [0.1, 0.15) is 31.2 Å². The van der Waals surface area contributed by atoms with Gasteiger partial charge in [-0.1, -0.05) is 0 Å². The number of nitrogens with one attached hydrogen (secondary N) is 2. The van der Waals surface area contributed by atoms with E-state index in [-0.39, 0.29) is 5.54 Å². The van der Waals surface area contributed by atoms with Crippen LogP contribution in [0.4, 0.5) is 0 Å². The Morgan fingerprint density at radius 2 is 2.56 bits per heavy atom. The van der Waals surface area contributed by atoms with Crippen LogP contribution in [0.25, 0.3) is 0 Å². The number of nitrogens with zero attached hydrogens (tertiary/aromatic N) is 1. The van der Waals surface area contributed by atoms with Crippen molar-refractivity contribution in [3.8, 4) is 0 Å². The number of fused-ring (bicyclic) bond motifs is 1. The molecule has 2 aliphatic rings. The maximum absolute atomic E-state index is 5.46. The Bertz CT molecular complexity index is 370. The molecule has 0 aromatic carbocycles. The van der Waals surface area contributed by atoms with Gasteiger partial charge in [-0.25, -0.2) is 4.98 Å². The van der Waals surface area contributed by atoms with Crippen LogP contribution in [0, 0.1) is 5.92 Å². The molecular formula is C12H19N3O. The summed E-state index contributed by atoms with van der Waals surface area (Å²) in [6.45, 7) is 5.15. The number of H-pyrrole nitrogens is 1. The first-order valence-corrected chi connectivity index (χ1v) is 6.13. The molecule has 1 saturated heterocycles. The Balaban J connectivity index is 1.82. The highest BCUT2D eigenvalue weighted by Gasteiger charge is 2.36. The molecule has 0 saturated carbocycles. The van der Waals surface area contributed by atoms with Crippen LogP contribution in [0.2, 0.25) is 0 Å². The molecular weight excluding hydrogens is 202 g/mol. The second kappa shape index (κ2) is 3.86. The Morgan fingerprint density at radius 3 is 3.38 bits per heavy atom. The van der Waals surface area contributed by atoms with Gasteiger partial charge in [-0.2, -0.15) is 0 Å². The third-order valence-electron chi connectivity index (χ3n) is 3.85. The minimum absolute atomic E-state index is 0.0337. The molecule has 0 spiro atoms. The number of ether oxygens (including phenoxy) is 1. The lowest BCUT2D eigenvalue weighted by atomic mass is 9.82. The van der Waals surface area contributed by atoms with E-state index in [1.807, 2.05) is 6.33 Å². The molecule has 1 aromatic heterocycles. The number of imidazole rings is 1. The molecule has 3 rings (SSSR count). The highest BCUT2D eigenvalue weighted by atomic mass is 16.5. The summed E-state index contributed by atoms with van der Waals surface area (Å²) >= 11 is 0. The second-order valence-electron chi connectivity index (χ2n) is 5.17. The molecule has 16 heavy (non-hydrogen) atoms. The predicted octanol–water partition coefficient (Wildman–Crippen LogP) is 1.20. The fraction of sp³-hybridized carbons (Fsp3) is 0.750. The zero-order chi connectivity index (χ0) is 11.0. The second-order valence-corrected chi connectivity index (χ2v) is 5.17. The van der Waals surface area contributed by atoms with E-state index in [4.69, 9.17) is 4.74 Å². The summed E-state index contributed by atoms with van der Waals surface area (Å²) in [6, 6.07) is 0. The van der Waals surface area contributed by atoms with Crippen molar-refractivity contribution in [1.82, 2.24) is 15.3 Å². The van der Waals surface area contributed by atoms with Crippen molar-refractivity contribution in [3.63, 3.8) is 0 Å². The van der Waals surface area contributed by atoms with Crippen molar-refractivity contribution in [2.45, 2.75) is 31.7 Å². The minimum atomic E-state index is 0.0337. The lowest BCUT2D eigenvalue weighted by molar-refractivity contribution is 0.171. The SMILES string of the molecule is CC1(CC2CCOC2)NCCc2[nH]cnc21. The zero-order valence-electron chi connectivity index (χ0n) is 9.75. The molecule has 2 N–H and O–H groups in total. The standard InChI is InChI=1S/C12H19N3O/c1-12(6-9-3-5-16-7-9)11-10(2-4-15-12)13-8-14-11/h8-9,15H,2-7H2,1H3,(H,13,14). The van der Waals surface area contributed by atoms with E-state index in [2.05, 4.69) is 22.2 Å². The van der Waals surface area contributed by atoms with Gasteiger partial charge in [-0.15, -0.1) is 0 Å². The quantitative estimate of drug-likeness (QED) is 0.789. The van der Waals surface area contributed by atoms with Crippen LogP contribution in [-0.2, 0) is 16.7 Å². The minimum Gasteiger partial charge on any atom is -0.381 e. The van der Waals surface area contributed by atoms with Gasteiger partial charge in [-0.05, 0) is 25.7 Å². The molecule has 0 aliphatic carbocycles. The molecule has 88 valence electrons. The monoisotopic (exact) mass is 221 g/mol. The Hall–Kier alpha value is -0.870. The summed E-state index contributed by atoms with van der Waals surface area (Å²) in [5, 5.41) is 3.63. The van der Waals surface area contributed by atoms with E-state index in [9.17, 15) is 0 Å². The first-order chi connectivity index (χ1) is 7.78. The first-order valence-electron chi connectivity index (χ1n) is 6.13. The zero-order valence-corrected chi connectivity index (χ0v) is 9.75. The summed E-state index contributed by atoms with van der Waals surface area (Å²) in [4.78, 5) is 7.75. The molecule has 2 aliphatic heterocycles. The smallest absolute Gasteiger partial charge is 0.0926 e. The van der Waals surface area contributed by atoms with Crippen molar-refractivity contribution in [2.75, 3.05) is 19.8 Å². The Morgan fingerprint density at radius 1 is 1.62 bits per heavy atom. The summed E-state index contributed by atoms with van der Waals surface area (Å²) in [6.07, 6.45) is 5.20. The lowest BCUT2D eigenvalue weighted by Gasteiger charge is -2.35. The van der Waals surface area contributed by atoms with Crippen molar-refractivity contribution in [2.24, 2.45) is 5.92 Å². The number of aromatic nitrogens is 2. The topological polar surface area (TPSA) is 49.9 Å². The number of hydrogen-bond acceptors (Lipinski definition) is 3. The number of aromatic amines is 1. The summed E-state index contributed by atoms with van der Waals surface area (Å²) in [5.41, 5.74) is 2.55. The first kappa shape index (κ1) is 10.3. The summed E-state index contributed by atoms with van der Waals surface area (Å²) in [7, 11) is 0. The molecule has 0 radical (unpaired) electrons. The van der Waals surface area contributed by atoms with E-state index < -0.39 is 0 Å². The van der Waals surface area contributed by atoms with Crippen LogP contribution in [-0.4, -0.2) is 29.7 Å². The average molecular weight is 221 g/mol. The van der Waals surface area contributed by atoms with E-state index in [0.717, 1.165) is 32.6 Å². The van der Waals surface area contributed by atoms with Gasteiger partial charge < -0.3 is 15.0 Å². The van der Waals surface area contributed by atoms with Gasteiger partial charge in [0.05, 0.1) is 17.6 Å². The summed E-state index contributed by atoms with van der Waals surface area (Å²) in [5.74, 6) is 0.681. The number of hydrogen-bond donors (Lipinski definition) is 2. The molecule has 3 heterocycles. The average Bonchev–Trinajstić information content (AvgIpc) is 2.88. The lowest BCUT2D eigenvalue weighted by Crippen LogP contribution is -2.46. The maximum atomic E-state index is 5.46. The summed E-state index contributed by atoms with van der Waals surface area (Å²) < 4.78 is 5.46. The van der Waals surface area contributed by atoms with Crippen molar-refractivity contribution < 1.29 is 4.74 Å². The normalized spacial score (nSPS) is 33.9. The largest absolute Gasteiger partial charge is 0.381 e. The molecule has 0 amide bonds. The van der Waals surface area contributed by atoms with E-state index in [1.165, 1.54) is 17.8 Å². The Kier molecular flexibility index (Phi) is 2.48. The van der Waals surface area contributed by atoms with Crippen molar-refractivity contribution in [1.29, 1.82) is 0 Å². The third kappa shape index (κ3) is 1.66. The van der Waals surface area contributed by atoms with Crippen LogP contribution in [0.5, 0.6) is 0 Å². The van der Waals surface area contributed by atoms with Gasteiger partial charge in [-0.3, -0.25) is 0 Å². The van der Waals surface area contributed by atoms with Gasteiger partial charge in [0.2, 0.25) is 0 Å². The molecule has 2 unspecified atom stereocenters. The van der Waals surface area contributed by atoms with Gasteiger partial charge in [0.15, 0.2) is 0 Å². The van der Waals surface area contributed by atoms with Crippen LogP contribution < -0.4 is 5.32 Å². The molecule has 1 fully saturated rings. The molecule has 0 bridgehead atoms. The maximum Gasteiger partial charge on any atom is 0.0926 e. The van der Waals surface area contributed by atoms with Crippen LogP contribution in [0.15, 0.2) is 6.33 Å². The van der Waals surface area contributed by atoms with Crippen LogP contribution >= 0.6 is 0 Å². The number of rotatable bonds is 2. The van der Waals surface area contributed by atoms with Crippen molar-refractivity contribution in [3.05, 3.63) is 17.7 Å². The molecule has 4 heteroatoms. The van der Waals surface area contributed by atoms with Gasteiger partial charge in [0, 0.05) is 31.9 Å². The highest BCUT2D eigenvalue weighted by Crippen LogP contribution is 2.34. The van der Waals surface area contributed by atoms with Gasteiger partial charge >= 0.3 is 0 Å². The van der Waals surface area contributed by atoms with Gasteiger partial charge in [0.1, 0.15) is 0 Å². The Labute approximate surface area is 95.8 Å². The van der Waals surface area contributed by atoms with E-state index in [0.29, 0.717) is 5.92 Å². The predicted molar refractivity (Wildman–Crippen MR) is 61.2 cm³/mol. The van der Waals surface area contributed by atoms with E-state index in [1.54, 1.807) is 0 Å². The fourth-order valence-corrected chi connectivity index (χ4v) is 3.02. The molecule has 1 aromatic rings.